The maximum Gasteiger partial charge on any atom is 0.310 e. The largest absolute Gasteiger partial charge is 0.487 e. The van der Waals surface area contributed by atoms with Crippen LogP contribution >= 0.6 is 0 Å². The van der Waals surface area contributed by atoms with Gasteiger partial charge in [0.2, 0.25) is 0 Å². The molecule has 1 fully saturated rings. The minimum Gasteiger partial charge on any atom is -0.487 e. The molecule has 1 aliphatic rings. The summed E-state index contributed by atoms with van der Waals surface area (Å²) in [5.74, 6) is 0.321. The standard InChI is InChI=1S/C15H23N3O3/c1-17-8-3-2-4-13(17)7-9-21-15-10-12(11-16)5-6-14(15)18(19)20/h5-6,10,13H,2-4,7-9,11,16H2,1H3. The van der Waals surface area contributed by atoms with Crippen LogP contribution in [-0.2, 0) is 6.54 Å². The first-order valence-corrected chi connectivity index (χ1v) is 7.42. The van der Waals surface area contributed by atoms with Gasteiger partial charge in [-0.05, 0) is 44.5 Å². The number of nitro benzene ring substituents is 1. The number of likely N-dealkylation sites (tertiary alicyclic amines) is 1. The highest BCUT2D eigenvalue weighted by atomic mass is 16.6. The van der Waals surface area contributed by atoms with E-state index < -0.39 is 4.92 Å². The van der Waals surface area contributed by atoms with Gasteiger partial charge in [0.25, 0.3) is 0 Å². The lowest BCUT2D eigenvalue weighted by atomic mass is 10.0. The lowest BCUT2D eigenvalue weighted by Crippen LogP contribution is -2.37. The minimum absolute atomic E-state index is 0.00389. The highest BCUT2D eigenvalue weighted by Gasteiger charge is 2.20. The molecule has 1 heterocycles. The summed E-state index contributed by atoms with van der Waals surface area (Å²) < 4.78 is 5.67. The Labute approximate surface area is 125 Å². The molecule has 0 amide bonds. The van der Waals surface area contributed by atoms with Crippen LogP contribution in [0.5, 0.6) is 5.75 Å². The van der Waals surface area contributed by atoms with Gasteiger partial charge in [-0.1, -0.05) is 12.5 Å². The zero-order valence-corrected chi connectivity index (χ0v) is 12.5. The summed E-state index contributed by atoms with van der Waals surface area (Å²) in [6, 6.07) is 5.31. The lowest BCUT2D eigenvalue weighted by molar-refractivity contribution is -0.385. The molecule has 1 saturated heterocycles. The van der Waals surface area contributed by atoms with Crippen LogP contribution in [0.25, 0.3) is 0 Å². The molecule has 1 aromatic carbocycles. The predicted octanol–water partition coefficient (Wildman–Crippen LogP) is 2.31. The number of nitro groups is 1. The molecule has 116 valence electrons. The van der Waals surface area contributed by atoms with Crippen molar-refractivity contribution in [2.24, 2.45) is 5.73 Å². The highest BCUT2D eigenvalue weighted by Crippen LogP contribution is 2.28. The van der Waals surface area contributed by atoms with Crippen LogP contribution in [0.15, 0.2) is 18.2 Å². The van der Waals surface area contributed by atoms with Crippen LogP contribution in [0.4, 0.5) is 5.69 Å². The summed E-state index contributed by atoms with van der Waals surface area (Å²) in [6.07, 6.45) is 4.56. The second-order valence-electron chi connectivity index (χ2n) is 5.53. The third-order valence-electron chi connectivity index (χ3n) is 4.09. The maximum atomic E-state index is 11.0. The normalized spacial score (nSPS) is 19.4. The van der Waals surface area contributed by atoms with E-state index in [4.69, 9.17) is 10.5 Å². The van der Waals surface area contributed by atoms with Gasteiger partial charge in [0.1, 0.15) is 0 Å². The second-order valence-corrected chi connectivity index (χ2v) is 5.53. The van der Waals surface area contributed by atoms with Crippen LogP contribution in [0, 0.1) is 10.1 Å². The van der Waals surface area contributed by atoms with Crippen LogP contribution in [0.1, 0.15) is 31.2 Å². The second kappa shape index (κ2) is 7.38. The molecule has 0 aliphatic carbocycles. The molecule has 0 bridgehead atoms. The van der Waals surface area contributed by atoms with E-state index in [0.29, 0.717) is 24.9 Å². The lowest BCUT2D eigenvalue weighted by Gasteiger charge is -2.32. The molecule has 0 aromatic heterocycles. The summed E-state index contributed by atoms with van der Waals surface area (Å²) in [7, 11) is 2.13. The van der Waals surface area contributed by atoms with Crippen molar-refractivity contribution in [1.82, 2.24) is 4.90 Å². The number of rotatable bonds is 6. The Kier molecular flexibility index (Phi) is 5.52. The van der Waals surface area contributed by atoms with Crippen molar-refractivity contribution < 1.29 is 9.66 Å². The van der Waals surface area contributed by atoms with Gasteiger partial charge in [0.05, 0.1) is 11.5 Å². The average Bonchev–Trinajstić information content (AvgIpc) is 2.48. The molecule has 0 radical (unpaired) electrons. The molecule has 1 atom stereocenters. The monoisotopic (exact) mass is 293 g/mol. The molecule has 2 N–H and O–H groups in total. The van der Waals surface area contributed by atoms with Gasteiger partial charge in [0, 0.05) is 18.7 Å². The van der Waals surface area contributed by atoms with Crippen molar-refractivity contribution in [3.8, 4) is 5.75 Å². The summed E-state index contributed by atoms with van der Waals surface area (Å²) in [4.78, 5) is 13.0. The molecule has 6 nitrogen and oxygen atoms in total. The van der Waals surface area contributed by atoms with E-state index in [1.807, 2.05) is 0 Å². The first-order valence-electron chi connectivity index (χ1n) is 7.42. The number of piperidine rings is 1. The Morgan fingerprint density at radius 1 is 1.48 bits per heavy atom. The third kappa shape index (κ3) is 4.15. The van der Waals surface area contributed by atoms with Crippen molar-refractivity contribution in [3.63, 3.8) is 0 Å². The number of ether oxygens (including phenoxy) is 1. The van der Waals surface area contributed by atoms with E-state index in [1.165, 1.54) is 25.3 Å². The molecular weight excluding hydrogens is 270 g/mol. The molecule has 21 heavy (non-hydrogen) atoms. The van der Waals surface area contributed by atoms with Gasteiger partial charge in [-0.3, -0.25) is 10.1 Å². The number of nitrogens with zero attached hydrogens (tertiary/aromatic N) is 2. The summed E-state index contributed by atoms with van der Waals surface area (Å²) in [5.41, 5.74) is 6.42. The van der Waals surface area contributed by atoms with Crippen molar-refractivity contribution >= 4 is 5.69 Å². The van der Waals surface area contributed by atoms with E-state index in [0.717, 1.165) is 18.5 Å². The quantitative estimate of drug-likeness (QED) is 0.643. The van der Waals surface area contributed by atoms with Crippen molar-refractivity contribution in [3.05, 3.63) is 33.9 Å². The van der Waals surface area contributed by atoms with Gasteiger partial charge in [0.15, 0.2) is 5.75 Å². The molecule has 0 saturated carbocycles. The van der Waals surface area contributed by atoms with E-state index in [9.17, 15) is 10.1 Å². The molecule has 1 aromatic rings. The van der Waals surface area contributed by atoms with Crippen molar-refractivity contribution in [2.75, 3.05) is 20.2 Å². The molecular formula is C15H23N3O3. The SMILES string of the molecule is CN1CCCCC1CCOc1cc(CN)ccc1[N+](=O)[O-]. The van der Waals surface area contributed by atoms with Crippen LogP contribution in [0.2, 0.25) is 0 Å². The van der Waals surface area contributed by atoms with Gasteiger partial charge < -0.3 is 15.4 Å². The number of hydrogen-bond acceptors (Lipinski definition) is 5. The fraction of sp³-hybridized carbons (Fsp3) is 0.600. The smallest absolute Gasteiger partial charge is 0.310 e. The Balaban J connectivity index is 1.96. The van der Waals surface area contributed by atoms with Gasteiger partial charge >= 0.3 is 5.69 Å². The number of nitrogens with two attached hydrogens (primary N) is 1. The van der Waals surface area contributed by atoms with Crippen LogP contribution in [-0.4, -0.2) is 36.1 Å². The van der Waals surface area contributed by atoms with Crippen molar-refractivity contribution in [1.29, 1.82) is 0 Å². The van der Waals surface area contributed by atoms with E-state index >= 15 is 0 Å². The molecule has 6 heteroatoms. The predicted molar refractivity (Wildman–Crippen MR) is 81.4 cm³/mol. The summed E-state index contributed by atoms with van der Waals surface area (Å²) in [6.45, 7) is 1.96. The fourth-order valence-electron chi connectivity index (χ4n) is 2.77. The van der Waals surface area contributed by atoms with E-state index in [1.54, 1.807) is 12.1 Å². The Hall–Kier alpha value is -1.66. The Bertz CT molecular complexity index is 493. The fourth-order valence-corrected chi connectivity index (χ4v) is 2.77. The van der Waals surface area contributed by atoms with Gasteiger partial charge in [-0.2, -0.15) is 0 Å². The maximum absolute atomic E-state index is 11.0. The van der Waals surface area contributed by atoms with Crippen molar-refractivity contribution in [2.45, 2.75) is 38.3 Å². The summed E-state index contributed by atoms with van der Waals surface area (Å²) in [5, 5.41) is 11.0. The minimum atomic E-state index is -0.414. The van der Waals surface area contributed by atoms with Gasteiger partial charge in [-0.25, -0.2) is 0 Å². The molecule has 1 aliphatic heterocycles. The highest BCUT2D eigenvalue weighted by molar-refractivity contribution is 5.48. The number of hydrogen-bond donors (Lipinski definition) is 1. The first-order chi connectivity index (χ1) is 10.1. The third-order valence-corrected chi connectivity index (χ3v) is 4.09. The molecule has 1 unspecified atom stereocenters. The number of benzene rings is 1. The molecule has 2 rings (SSSR count). The zero-order chi connectivity index (χ0) is 15.2. The first kappa shape index (κ1) is 15.7. The van der Waals surface area contributed by atoms with Gasteiger partial charge in [-0.15, -0.1) is 0 Å². The zero-order valence-electron chi connectivity index (χ0n) is 12.5. The van der Waals surface area contributed by atoms with E-state index in [-0.39, 0.29) is 5.69 Å². The Morgan fingerprint density at radius 3 is 2.95 bits per heavy atom. The van der Waals surface area contributed by atoms with E-state index in [2.05, 4.69) is 11.9 Å². The molecule has 0 spiro atoms. The summed E-state index contributed by atoms with van der Waals surface area (Å²) >= 11 is 0. The van der Waals surface area contributed by atoms with Crippen LogP contribution < -0.4 is 10.5 Å². The average molecular weight is 293 g/mol. The van der Waals surface area contributed by atoms with Crippen LogP contribution in [0.3, 0.4) is 0 Å². The topological polar surface area (TPSA) is 81.6 Å². The Morgan fingerprint density at radius 2 is 2.29 bits per heavy atom.